The molecular formula is C26H24BrClN4O3S. The van der Waals surface area contributed by atoms with E-state index in [2.05, 4.69) is 31.5 Å². The molecule has 1 aliphatic rings. The summed E-state index contributed by atoms with van der Waals surface area (Å²) in [5.74, 6) is 0.0877. The molecule has 1 heterocycles. The average Bonchev–Trinajstić information content (AvgIpc) is 2.89. The number of methoxy groups -OCH3 is 1. The Labute approximate surface area is 228 Å². The van der Waals surface area contributed by atoms with Gasteiger partial charge in [0.25, 0.3) is 11.8 Å². The maximum absolute atomic E-state index is 12.7. The molecule has 1 fully saturated rings. The molecule has 1 aliphatic heterocycles. The zero-order valence-corrected chi connectivity index (χ0v) is 22.6. The molecule has 0 aliphatic carbocycles. The fourth-order valence-corrected chi connectivity index (χ4v) is 4.82. The third-order valence-corrected chi connectivity index (χ3v) is 6.77. The van der Waals surface area contributed by atoms with E-state index in [1.54, 1.807) is 24.3 Å². The van der Waals surface area contributed by atoms with Crippen molar-refractivity contribution in [2.24, 2.45) is 0 Å². The Balaban J connectivity index is 1.34. The fraction of sp³-hybridized carbons (Fsp3) is 0.192. The van der Waals surface area contributed by atoms with Gasteiger partial charge in [-0.05, 0) is 60.7 Å². The van der Waals surface area contributed by atoms with Crippen molar-refractivity contribution in [2.45, 2.75) is 0 Å². The Kier molecular flexibility index (Phi) is 8.45. The van der Waals surface area contributed by atoms with Crippen molar-refractivity contribution in [3.05, 3.63) is 87.4 Å². The van der Waals surface area contributed by atoms with Crippen molar-refractivity contribution in [1.29, 1.82) is 0 Å². The first-order chi connectivity index (χ1) is 17.4. The molecule has 0 saturated carbocycles. The summed E-state index contributed by atoms with van der Waals surface area (Å²) >= 11 is 15.3. The lowest BCUT2D eigenvalue weighted by atomic mass is 10.1. The highest BCUT2D eigenvalue weighted by Gasteiger charge is 2.23. The molecular weight excluding hydrogens is 564 g/mol. The summed E-state index contributed by atoms with van der Waals surface area (Å²) in [5.41, 5.74) is 2.58. The van der Waals surface area contributed by atoms with Gasteiger partial charge in [-0.15, -0.1) is 0 Å². The van der Waals surface area contributed by atoms with Crippen LogP contribution in [0.3, 0.4) is 0 Å². The quantitative estimate of drug-likeness (QED) is 0.400. The van der Waals surface area contributed by atoms with Gasteiger partial charge in [0, 0.05) is 41.9 Å². The van der Waals surface area contributed by atoms with Gasteiger partial charge in [0.2, 0.25) is 0 Å². The molecule has 2 amide bonds. The van der Waals surface area contributed by atoms with Crippen LogP contribution < -0.4 is 20.3 Å². The standard InChI is InChI=1S/C26H24BrClN4O3S/c1-35-23-10-7-18(27)15-20(23)24(33)30-26(36)29-19-8-9-22(21(28)16-19)31-11-13-32(14-12-31)25(34)17-5-3-2-4-6-17/h2-10,15-16H,11-14H2,1H3,(H2,29,30,33,36). The van der Waals surface area contributed by atoms with Crippen LogP contribution >= 0.6 is 39.7 Å². The summed E-state index contributed by atoms with van der Waals surface area (Å²) in [6.45, 7) is 2.57. The number of hydrogen-bond donors (Lipinski definition) is 2. The van der Waals surface area contributed by atoms with E-state index in [0.29, 0.717) is 53.8 Å². The molecule has 0 aromatic heterocycles. The molecule has 0 spiro atoms. The Morgan fingerprint density at radius 2 is 1.72 bits per heavy atom. The molecule has 186 valence electrons. The highest BCUT2D eigenvalue weighted by atomic mass is 79.9. The lowest BCUT2D eigenvalue weighted by Gasteiger charge is -2.36. The number of anilines is 2. The molecule has 0 unspecified atom stereocenters. The van der Waals surface area contributed by atoms with Gasteiger partial charge in [0.15, 0.2) is 5.11 Å². The molecule has 2 N–H and O–H groups in total. The fourth-order valence-electron chi connectivity index (χ4n) is 3.95. The largest absolute Gasteiger partial charge is 0.496 e. The molecule has 36 heavy (non-hydrogen) atoms. The van der Waals surface area contributed by atoms with Crippen molar-refractivity contribution in [1.82, 2.24) is 10.2 Å². The van der Waals surface area contributed by atoms with E-state index in [-0.39, 0.29) is 11.0 Å². The summed E-state index contributed by atoms with van der Waals surface area (Å²) in [7, 11) is 1.50. The van der Waals surface area contributed by atoms with Crippen molar-refractivity contribution in [3.8, 4) is 5.75 Å². The lowest BCUT2D eigenvalue weighted by Crippen LogP contribution is -2.48. The van der Waals surface area contributed by atoms with Crippen LogP contribution in [0.2, 0.25) is 5.02 Å². The van der Waals surface area contributed by atoms with Crippen molar-refractivity contribution in [3.63, 3.8) is 0 Å². The summed E-state index contributed by atoms with van der Waals surface area (Å²) in [5, 5.41) is 6.34. The molecule has 3 aromatic rings. The molecule has 0 bridgehead atoms. The van der Waals surface area contributed by atoms with Gasteiger partial charge in [0.05, 0.1) is 23.4 Å². The van der Waals surface area contributed by atoms with E-state index in [9.17, 15) is 9.59 Å². The Morgan fingerprint density at radius 1 is 1.00 bits per heavy atom. The van der Waals surface area contributed by atoms with Gasteiger partial charge in [-0.25, -0.2) is 0 Å². The topological polar surface area (TPSA) is 73.9 Å². The van der Waals surface area contributed by atoms with Crippen molar-refractivity contribution < 1.29 is 14.3 Å². The van der Waals surface area contributed by atoms with Gasteiger partial charge in [0.1, 0.15) is 5.75 Å². The van der Waals surface area contributed by atoms with Crippen LogP contribution in [-0.4, -0.2) is 55.1 Å². The van der Waals surface area contributed by atoms with Gasteiger partial charge < -0.3 is 19.9 Å². The van der Waals surface area contributed by atoms with Crippen molar-refractivity contribution >= 4 is 68.1 Å². The van der Waals surface area contributed by atoms with Crippen molar-refractivity contribution in [2.75, 3.05) is 43.5 Å². The van der Waals surface area contributed by atoms with Crippen LogP contribution in [0.4, 0.5) is 11.4 Å². The number of carbonyl (C=O) groups excluding carboxylic acids is 2. The number of rotatable bonds is 5. The minimum absolute atomic E-state index is 0.0388. The number of hydrogen-bond acceptors (Lipinski definition) is 5. The predicted octanol–water partition coefficient (Wildman–Crippen LogP) is 5.20. The van der Waals surface area contributed by atoms with Crippen LogP contribution in [0.5, 0.6) is 5.75 Å². The minimum atomic E-state index is -0.392. The Bertz CT molecular complexity index is 1280. The van der Waals surface area contributed by atoms with Gasteiger partial charge in [-0.1, -0.05) is 45.7 Å². The number of thiocarbonyl (C=S) groups is 1. The van der Waals surface area contributed by atoms with Crippen LogP contribution in [-0.2, 0) is 0 Å². The second-order valence-corrected chi connectivity index (χ2v) is 9.80. The summed E-state index contributed by atoms with van der Waals surface area (Å²) in [4.78, 5) is 29.4. The Hall–Kier alpha value is -3.14. The summed E-state index contributed by atoms with van der Waals surface area (Å²) in [6.07, 6.45) is 0. The smallest absolute Gasteiger partial charge is 0.261 e. The molecule has 0 radical (unpaired) electrons. The SMILES string of the molecule is COc1ccc(Br)cc1C(=O)NC(=S)Nc1ccc(N2CCN(C(=O)c3ccccc3)CC2)c(Cl)c1. The van der Waals surface area contributed by atoms with E-state index >= 15 is 0 Å². The molecule has 3 aromatic carbocycles. The van der Waals surface area contributed by atoms with Crippen LogP contribution in [0.15, 0.2) is 71.2 Å². The van der Waals surface area contributed by atoms with Gasteiger partial charge in [-0.2, -0.15) is 0 Å². The average molecular weight is 588 g/mol. The number of nitrogens with zero attached hydrogens (tertiary/aromatic N) is 2. The third kappa shape index (κ3) is 6.16. The highest BCUT2D eigenvalue weighted by molar-refractivity contribution is 9.10. The second kappa shape index (κ2) is 11.7. The minimum Gasteiger partial charge on any atom is -0.496 e. The number of nitrogens with one attached hydrogen (secondary N) is 2. The number of halogens is 2. The monoisotopic (exact) mass is 586 g/mol. The van der Waals surface area contributed by atoms with E-state index in [0.717, 1.165) is 10.2 Å². The zero-order chi connectivity index (χ0) is 25.7. The summed E-state index contributed by atoms with van der Waals surface area (Å²) in [6, 6.07) is 20.0. The van der Waals surface area contributed by atoms with E-state index in [1.807, 2.05) is 47.4 Å². The maximum Gasteiger partial charge on any atom is 0.261 e. The molecule has 10 heteroatoms. The lowest BCUT2D eigenvalue weighted by molar-refractivity contribution is 0.0746. The zero-order valence-electron chi connectivity index (χ0n) is 19.5. The predicted molar refractivity (Wildman–Crippen MR) is 150 cm³/mol. The number of carbonyl (C=O) groups is 2. The molecule has 0 atom stereocenters. The second-order valence-electron chi connectivity index (χ2n) is 8.06. The first kappa shape index (κ1) is 25.9. The normalized spacial score (nSPS) is 13.2. The van der Waals surface area contributed by atoms with Crippen LogP contribution in [0, 0.1) is 0 Å². The first-order valence-electron chi connectivity index (χ1n) is 11.2. The molecule has 4 rings (SSSR count). The maximum atomic E-state index is 12.7. The highest BCUT2D eigenvalue weighted by Crippen LogP contribution is 2.30. The van der Waals surface area contributed by atoms with E-state index in [4.69, 9.17) is 28.6 Å². The first-order valence-corrected chi connectivity index (χ1v) is 12.8. The van der Waals surface area contributed by atoms with Gasteiger partial charge >= 0.3 is 0 Å². The third-order valence-electron chi connectivity index (χ3n) is 5.77. The number of amides is 2. The van der Waals surface area contributed by atoms with E-state index in [1.165, 1.54) is 7.11 Å². The van der Waals surface area contributed by atoms with Crippen LogP contribution in [0.1, 0.15) is 20.7 Å². The van der Waals surface area contributed by atoms with Crippen LogP contribution in [0.25, 0.3) is 0 Å². The number of ether oxygens (including phenoxy) is 1. The number of benzene rings is 3. The van der Waals surface area contributed by atoms with Gasteiger partial charge in [-0.3, -0.25) is 14.9 Å². The number of piperazine rings is 1. The summed E-state index contributed by atoms with van der Waals surface area (Å²) < 4.78 is 6.01. The molecule has 1 saturated heterocycles. The molecule has 7 nitrogen and oxygen atoms in total. The Morgan fingerprint density at radius 3 is 2.39 bits per heavy atom. The van der Waals surface area contributed by atoms with E-state index < -0.39 is 5.91 Å².